The first-order valence-corrected chi connectivity index (χ1v) is 7.84. The van der Waals surface area contributed by atoms with Crippen molar-refractivity contribution in [3.8, 4) is 0 Å². The van der Waals surface area contributed by atoms with Crippen molar-refractivity contribution in [1.82, 2.24) is 15.0 Å². The van der Waals surface area contributed by atoms with Crippen molar-refractivity contribution in [1.29, 1.82) is 0 Å². The highest BCUT2D eigenvalue weighted by Gasteiger charge is 2.10. The second-order valence-electron chi connectivity index (χ2n) is 4.70. The van der Waals surface area contributed by atoms with Crippen LogP contribution in [0.3, 0.4) is 0 Å². The Hall–Kier alpha value is -1.63. The molecule has 0 aromatic carbocycles. The number of aliphatic hydroxyl groups is 1. The Morgan fingerprint density at radius 2 is 1.57 bits per heavy atom. The predicted octanol–water partition coefficient (Wildman–Crippen LogP) is 1.72. The second kappa shape index (κ2) is 10.1. The standard InChI is InChI=1S/C14H28N6O/c1-4-15-12-17-13(16-10-8-7-9-11-21)19-14(18-12)20(5-2)6-3/h21H,4-11H2,1-3H3,(H2,15,16,17,18,19). The number of aliphatic hydroxyl groups excluding tert-OH is 1. The minimum Gasteiger partial charge on any atom is -0.396 e. The molecule has 21 heavy (non-hydrogen) atoms. The average molecular weight is 296 g/mol. The molecule has 1 rings (SSSR count). The zero-order valence-corrected chi connectivity index (χ0v) is 13.4. The van der Waals surface area contributed by atoms with Crippen molar-refractivity contribution >= 4 is 17.8 Å². The van der Waals surface area contributed by atoms with E-state index >= 15 is 0 Å². The summed E-state index contributed by atoms with van der Waals surface area (Å²) in [5, 5.41) is 15.1. The number of nitrogens with zero attached hydrogens (tertiary/aromatic N) is 4. The van der Waals surface area contributed by atoms with Gasteiger partial charge in [-0.05, 0) is 40.0 Å². The van der Waals surface area contributed by atoms with Crippen LogP contribution in [0.4, 0.5) is 17.8 Å². The van der Waals surface area contributed by atoms with Crippen molar-refractivity contribution in [2.24, 2.45) is 0 Å². The molecule has 0 radical (unpaired) electrons. The van der Waals surface area contributed by atoms with Gasteiger partial charge in [-0.25, -0.2) is 0 Å². The fraction of sp³-hybridized carbons (Fsp3) is 0.786. The van der Waals surface area contributed by atoms with Gasteiger partial charge in [0.2, 0.25) is 17.8 Å². The highest BCUT2D eigenvalue weighted by atomic mass is 16.2. The first kappa shape index (κ1) is 17.4. The smallest absolute Gasteiger partial charge is 0.231 e. The SMILES string of the molecule is CCNc1nc(NCCCCCO)nc(N(CC)CC)n1. The third-order valence-electron chi connectivity index (χ3n) is 3.12. The molecular weight excluding hydrogens is 268 g/mol. The molecule has 0 spiro atoms. The van der Waals surface area contributed by atoms with Gasteiger partial charge in [0.15, 0.2) is 0 Å². The van der Waals surface area contributed by atoms with E-state index in [1.807, 2.05) is 6.92 Å². The van der Waals surface area contributed by atoms with Gasteiger partial charge in [0.25, 0.3) is 0 Å². The molecule has 0 atom stereocenters. The first-order chi connectivity index (χ1) is 10.2. The third-order valence-corrected chi connectivity index (χ3v) is 3.12. The summed E-state index contributed by atoms with van der Waals surface area (Å²) in [6, 6.07) is 0. The molecule has 0 aliphatic carbocycles. The summed E-state index contributed by atoms with van der Waals surface area (Å²) in [7, 11) is 0. The maximum atomic E-state index is 8.76. The molecule has 0 saturated heterocycles. The van der Waals surface area contributed by atoms with Crippen molar-refractivity contribution < 1.29 is 5.11 Å². The molecule has 0 aliphatic rings. The zero-order valence-electron chi connectivity index (χ0n) is 13.4. The van der Waals surface area contributed by atoms with E-state index in [-0.39, 0.29) is 6.61 Å². The number of unbranched alkanes of at least 4 members (excludes halogenated alkanes) is 2. The molecule has 120 valence electrons. The lowest BCUT2D eigenvalue weighted by molar-refractivity contribution is 0.283. The summed E-state index contributed by atoms with van der Waals surface area (Å²) in [5.41, 5.74) is 0. The van der Waals surface area contributed by atoms with E-state index in [1.54, 1.807) is 0 Å². The van der Waals surface area contributed by atoms with Crippen LogP contribution >= 0.6 is 0 Å². The Bertz CT molecular complexity index is 397. The van der Waals surface area contributed by atoms with Gasteiger partial charge in [-0.1, -0.05) is 0 Å². The Morgan fingerprint density at radius 3 is 2.14 bits per heavy atom. The van der Waals surface area contributed by atoms with Crippen LogP contribution in [0, 0.1) is 0 Å². The van der Waals surface area contributed by atoms with Crippen LogP contribution in [-0.2, 0) is 0 Å². The molecule has 0 unspecified atom stereocenters. The van der Waals surface area contributed by atoms with Gasteiger partial charge in [-0.3, -0.25) is 0 Å². The Balaban J connectivity index is 2.72. The maximum Gasteiger partial charge on any atom is 0.231 e. The minimum absolute atomic E-state index is 0.252. The van der Waals surface area contributed by atoms with Crippen molar-refractivity contribution in [2.45, 2.75) is 40.0 Å². The quantitative estimate of drug-likeness (QED) is 0.536. The average Bonchev–Trinajstić information content (AvgIpc) is 2.48. The lowest BCUT2D eigenvalue weighted by atomic mass is 10.2. The van der Waals surface area contributed by atoms with E-state index in [1.165, 1.54) is 0 Å². The van der Waals surface area contributed by atoms with Crippen LogP contribution in [-0.4, -0.2) is 52.8 Å². The fourth-order valence-electron chi connectivity index (χ4n) is 1.94. The molecule has 1 aromatic heterocycles. The van der Waals surface area contributed by atoms with Gasteiger partial charge in [-0.2, -0.15) is 15.0 Å². The number of hydrogen-bond donors (Lipinski definition) is 3. The summed E-state index contributed by atoms with van der Waals surface area (Å²) in [6.07, 6.45) is 2.83. The molecule has 1 aromatic rings. The van der Waals surface area contributed by atoms with Crippen LogP contribution < -0.4 is 15.5 Å². The largest absolute Gasteiger partial charge is 0.396 e. The fourth-order valence-corrected chi connectivity index (χ4v) is 1.94. The second-order valence-corrected chi connectivity index (χ2v) is 4.70. The van der Waals surface area contributed by atoms with Crippen LogP contribution in [0.15, 0.2) is 0 Å². The first-order valence-electron chi connectivity index (χ1n) is 7.84. The molecule has 0 amide bonds. The Kier molecular flexibility index (Phi) is 8.42. The van der Waals surface area contributed by atoms with Gasteiger partial charge in [-0.15, -0.1) is 0 Å². The molecule has 1 heterocycles. The van der Waals surface area contributed by atoms with Crippen molar-refractivity contribution in [3.63, 3.8) is 0 Å². The molecule has 0 saturated carbocycles. The highest BCUT2D eigenvalue weighted by Crippen LogP contribution is 2.13. The molecule has 0 aliphatic heterocycles. The van der Waals surface area contributed by atoms with Crippen molar-refractivity contribution in [2.75, 3.05) is 48.3 Å². The zero-order chi connectivity index (χ0) is 15.5. The molecular formula is C14H28N6O. The summed E-state index contributed by atoms with van der Waals surface area (Å²) in [5.74, 6) is 1.91. The van der Waals surface area contributed by atoms with Gasteiger partial charge in [0, 0.05) is 32.8 Å². The monoisotopic (exact) mass is 296 g/mol. The topological polar surface area (TPSA) is 86.2 Å². The van der Waals surface area contributed by atoms with E-state index in [0.717, 1.165) is 45.4 Å². The van der Waals surface area contributed by atoms with Crippen LogP contribution in [0.1, 0.15) is 40.0 Å². The molecule has 7 heteroatoms. The number of hydrogen-bond acceptors (Lipinski definition) is 7. The Morgan fingerprint density at radius 1 is 0.905 bits per heavy atom. The Labute approximate surface area is 127 Å². The van der Waals surface area contributed by atoms with E-state index in [2.05, 4.69) is 44.3 Å². The maximum absolute atomic E-state index is 8.76. The lowest BCUT2D eigenvalue weighted by Gasteiger charge is -2.19. The van der Waals surface area contributed by atoms with Crippen LogP contribution in [0.25, 0.3) is 0 Å². The molecule has 3 N–H and O–H groups in total. The number of rotatable bonds is 11. The van der Waals surface area contributed by atoms with E-state index in [0.29, 0.717) is 17.8 Å². The molecule has 0 bridgehead atoms. The molecule has 0 fully saturated rings. The molecule has 7 nitrogen and oxygen atoms in total. The number of anilines is 3. The summed E-state index contributed by atoms with van der Waals surface area (Å²) in [6.45, 7) is 9.74. The van der Waals surface area contributed by atoms with Crippen molar-refractivity contribution in [3.05, 3.63) is 0 Å². The van der Waals surface area contributed by atoms with E-state index in [4.69, 9.17) is 5.11 Å². The van der Waals surface area contributed by atoms with Gasteiger partial charge < -0.3 is 20.6 Å². The van der Waals surface area contributed by atoms with Gasteiger partial charge in [0.1, 0.15) is 0 Å². The van der Waals surface area contributed by atoms with Gasteiger partial charge >= 0.3 is 0 Å². The van der Waals surface area contributed by atoms with Crippen LogP contribution in [0.5, 0.6) is 0 Å². The predicted molar refractivity (Wildman–Crippen MR) is 87.0 cm³/mol. The normalized spacial score (nSPS) is 10.5. The van der Waals surface area contributed by atoms with E-state index in [9.17, 15) is 0 Å². The highest BCUT2D eigenvalue weighted by molar-refractivity contribution is 5.43. The summed E-state index contributed by atoms with van der Waals surface area (Å²) < 4.78 is 0. The lowest BCUT2D eigenvalue weighted by Crippen LogP contribution is -2.25. The summed E-state index contributed by atoms with van der Waals surface area (Å²) >= 11 is 0. The van der Waals surface area contributed by atoms with Gasteiger partial charge in [0.05, 0.1) is 0 Å². The number of aromatic nitrogens is 3. The minimum atomic E-state index is 0.252. The van der Waals surface area contributed by atoms with Crippen LogP contribution in [0.2, 0.25) is 0 Å². The summed E-state index contributed by atoms with van der Waals surface area (Å²) in [4.78, 5) is 15.4. The third kappa shape index (κ3) is 6.12. The number of nitrogens with one attached hydrogen (secondary N) is 2. The van der Waals surface area contributed by atoms with E-state index < -0.39 is 0 Å².